The Bertz CT molecular complexity index is 1230. The average Bonchev–Trinajstić information content (AvgIpc) is 3.27. The summed E-state index contributed by atoms with van der Waals surface area (Å²) in [5, 5.41) is 4.30. The molecule has 2 aromatic carbocycles. The van der Waals surface area contributed by atoms with E-state index >= 15 is 0 Å². The number of nitrogens with one attached hydrogen (secondary N) is 1. The summed E-state index contributed by atoms with van der Waals surface area (Å²) < 4.78 is 44.6. The Hall–Kier alpha value is -3.94. The highest BCUT2D eigenvalue weighted by atomic mass is 19.4. The molecule has 4 rings (SSSR count). The Kier molecular flexibility index (Phi) is 5.05. The summed E-state index contributed by atoms with van der Waals surface area (Å²) in [6.07, 6.45) is -2.06. The normalized spacial score (nSPS) is 11.8. The molecule has 0 saturated heterocycles. The van der Waals surface area contributed by atoms with Gasteiger partial charge in [0.1, 0.15) is 5.69 Å². The van der Waals surface area contributed by atoms with Gasteiger partial charge in [-0.2, -0.15) is 18.3 Å². The van der Waals surface area contributed by atoms with Crippen molar-refractivity contribution in [2.24, 2.45) is 5.10 Å². The van der Waals surface area contributed by atoms with Crippen LogP contribution in [-0.4, -0.2) is 17.1 Å². The second kappa shape index (κ2) is 7.82. The zero-order chi connectivity index (χ0) is 21.1. The lowest BCUT2D eigenvalue weighted by Gasteiger charge is -2.09. The summed E-state index contributed by atoms with van der Waals surface area (Å²) in [6.45, 7) is 0. The SMILES string of the molecule is O=C(N/N=C\c1ccccc1C(F)(F)F)c1cc(-c2ccco2)nc2ccccc12. The first kappa shape index (κ1) is 19.4. The van der Waals surface area contributed by atoms with Crippen molar-refractivity contribution < 1.29 is 22.4 Å². The molecule has 0 atom stereocenters. The third-order valence-corrected chi connectivity index (χ3v) is 4.37. The monoisotopic (exact) mass is 409 g/mol. The number of fused-ring (bicyclic) bond motifs is 1. The molecule has 0 spiro atoms. The highest BCUT2D eigenvalue weighted by molar-refractivity contribution is 6.07. The molecule has 0 saturated carbocycles. The van der Waals surface area contributed by atoms with Crippen LogP contribution in [0.15, 0.2) is 82.5 Å². The van der Waals surface area contributed by atoms with Crippen molar-refractivity contribution in [2.75, 3.05) is 0 Å². The number of hydrazone groups is 1. The summed E-state index contributed by atoms with van der Waals surface area (Å²) in [7, 11) is 0. The van der Waals surface area contributed by atoms with Gasteiger partial charge in [0.25, 0.3) is 5.91 Å². The fourth-order valence-corrected chi connectivity index (χ4v) is 3.00. The number of nitrogens with zero attached hydrogens (tertiary/aromatic N) is 2. The van der Waals surface area contributed by atoms with Crippen molar-refractivity contribution >= 4 is 23.0 Å². The van der Waals surface area contributed by atoms with Gasteiger partial charge < -0.3 is 4.42 Å². The lowest BCUT2D eigenvalue weighted by molar-refractivity contribution is -0.137. The number of carbonyl (C=O) groups is 1. The largest absolute Gasteiger partial charge is 0.463 e. The van der Waals surface area contributed by atoms with Crippen LogP contribution >= 0.6 is 0 Å². The summed E-state index contributed by atoms with van der Waals surface area (Å²) in [6, 6.07) is 17.0. The van der Waals surface area contributed by atoms with E-state index in [-0.39, 0.29) is 11.1 Å². The second-order valence-corrected chi connectivity index (χ2v) is 6.33. The van der Waals surface area contributed by atoms with Gasteiger partial charge in [-0.1, -0.05) is 36.4 Å². The molecule has 0 aliphatic heterocycles. The fourth-order valence-electron chi connectivity index (χ4n) is 3.00. The van der Waals surface area contributed by atoms with Crippen LogP contribution in [0.2, 0.25) is 0 Å². The number of halogens is 3. The highest BCUT2D eigenvalue weighted by Crippen LogP contribution is 2.31. The van der Waals surface area contributed by atoms with Crippen molar-refractivity contribution in [2.45, 2.75) is 6.18 Å². The summed E-state index contributed by atoms with van der Waals surface area (Å²) in [5.41, 5.74) is 2.61. The zero-order valence-electron chi connectivity index (χ0n) is 15.4. The molecule has 2 heterocycles. The number of hydrogen-bond acceptors (Lipinski definition) is 4. The maximum absolute atomic E-state index is 13.1. The maximum Gasteiger partial charge on any atom is 0.417 e. The molecule has 0 bridgehead atoms. The number of carbonyl (C=O) groups excluding carboxylic acids is 1. The molecule has 1 N–H and O–H groups in total. The van der Waals surface area contributed by atoms with E-state index in [9.17, 15) is 18.0 Å². The van der Waals surface area contributed by atoms with E-state index in [0.717, 1.165) is 12.3 Å². The minimum absolute atomic E-state index is 0.152. The Morgan fingerprint density at radius 1 is 1.03 bits per heavy atom. The molecule has 5 nitrogen and oxygen atoms in total. The van der Waals surface area contributed by atoms with E-state index in [1.807, 2.05) is 0 Å². The number of hydrogen-bond donors (Lipinski definition) is 1. The van der Waals surface area contributed by atoms with Crippen LogP contribution in [0.1, 0.15) is 21.5 Å². The lowest BCUT2D eigenvalue weighted by atomic mass is 10.1. The molecule has 0 aliphatic carbocycles. The van der Waals surface area contributed by atoms with Crippen LogP contribution in [0.3, 0.4) is 0 Å². The van der Waals surface area contributed by atoms with E-state index < -0.39 is 17.6 Å². The summed E-state index contributed by atoms with van der Waals surface area (Å²) >= 11 is 0. The summed E-state index contributed by atoms with van der Waals surface area (Å²) in [5.74, 6) is -0.0976. The number of pyridine rings is 1. The molecule has 8 heteroatoms. The maximum atomic E-state index is 13.1. The molecule has 0 unspecified atom stereocenters. The van der Waals surface area contributed by atoms with Crippen LogP contribution in [0.25, 0.3) is 22.4 Å². The second-order valence-electron chi connectivity index (χ2n) is 6.33. The van der Waals surface area contributed by atoms with Crippen LogP contribution in [0.4, 0.5) is 13.2 Å². The molecule has 150 valence electrons. The van der Waals surface area contributed by atoms with Gasteiger partial charge in [0.15, 0.2) is 5.76 Å². The highest BCUT2D eigenvalue weighted by Gasteiger charge is 2.32. The van der Waals surface area contributed by atoms with Crippen molar-refractivity contribution in [3.8, 4) is 11.5 Å². The van der Waals surface area contributed by atoms with Gasteiger partial charge in [-0.25, -0.2) is 10.4 Å². The lowest BCUT2D eigenvalue weighted by Crippen LogP contribution is -2.19. The number of furan rings is 1. The first-order valence-corrected chi connectivity index (χ1v) is 8.87. The minimum Gasteiger partial charge on any atom is -0.463 e. The number of alkyl halides is 3. The van der Waals surface area contributed by atoms with Crippen LogP contribution in [-0.2, 0) is 6.18 Å². The number of aromatic nitrogens is 1. The standard InChI is InChI=1S/C22H14F3N3O2/c23-22(24,25)17-8-3-1-6-14(17)13-26-28-21(29)16-12-19(20-10-5-11-30-20)27-18-9-4-2-7-15(16)18/h1-13H,(H,28,29)/b26-13-. The van der Waals surface area contributed by atoms with Crippen LogP contribution in [0, 0.1) is 0 Å². The molecule has 0 aliphatic rings. The molecule has 0 fully saturated rings. The Morgan fingerprint density at radius 3 is 2.57 bits per heavy atom. The van der Waals surface area contributed by atoms with Gasteiger partial charge in [-0.05, 0) is 30.3 Å². The quantitative estimate of drug-likeness (QED) is 0.368. The molecular formula is C22H14F3N3O2. The van der Waals surface area contributed by atoms with Crippen molar-refractivity contribution in [1.29, 1.82) is 0 Å². The first-order chi connectivity index (χ1) is 14.4. The average molecular weight is 409 g/mol. The number of benzene rings is 2. The van der Waals surface area contributed by atoms with E-state index in [1.54, 1.807) is 42.5 Å². The van der Waals surface area contributed by atoms with E-state index in [2.05, 4.69) is 15.5 Å². The molecule has 4 aromatic rings. The van der Waals surface area contributed by atoms with Gasteiger partial charge in [0, 0.05) is 10.9 Å². The predicted octanol–water partition coefficient (Wildman–Crippen LogP) is 5.28. The van der Waals surface area contributed by atoms with Crippen LogP contribution in [0.5, 0.6) is 0 Å². The third-order valence-electron chi connectivity index (χ3n) is 4.37. The van der Waals surface area contributed by atoms with E-state index in [0.29, 0.717) is 22.4 Å². The topological polar surface area (TPSA) is 67.5 Å². The van der Waals surface area contributed by atoms with Crippen molar-refractivity contribution in [1.82, 2.24) is 10.4 Å². The molecule has 1 amide bonds. The number of para-hydroxylation sites is 1. The molecule has 30 heavy (non-hydrogen) atoms. The van der Waals surface area contributed by atoms with Crippen LogP contribution < -0.4 is 5.43 Å². The van der Waals surface area contributed by atoms with Gasteiger partial charge in [-0.3, -0.25) is 4.79 Å². The summed E-state index contributed by atoms with van der Waals surface area (Å²) in [4.78, 5) is 17.2. The molecule has 2 aromatic heterocycles. The Balaban J connectivity index is 1.65. The van der Waals surface area contributed by atoms with E-state index in [1.165, 1.54) is 24.5 Å². The fraction of sp³-hybridized carbons (Fsp3) is 0.0455. The van der Waals surface area contributed by atoms with Gasteiger partial charge in [0.05, 0.1) is 29.1 Å². The zero-order valence-corrected chi connectivity index (χ0v) is 15.4. The number of rotatable bonds is 4. The van der Waals surface area contributed by atoms with Crippen molar-refractivity contribution in [3.05, 3.63) is 89.7 Å². The van der Waals surface area contributed by atoms with Gasteiger partial charge in [-0.15, -0.1) is 0 Å². The molecular weight excluding hydrogens is 395 g/mol. The van der Waals surface area contributed by atoms with Crippen molar-refractivity contribution in [3.63, 3.8) is 0 Å². The number of amides is 1. The predicted molar refractivity (Wildman–Crippen MR) is 106 cm³/mol. The third kappa shape index (κ3) is 3.93. The molecule has 0 radical (unpaired) electrons. The van der Waals surface area contributed by atoms with Gasteiger partial charge in [0.2, 0.25) is 0 Å². The minimum atomic E-state index is -4.52. The van der Waals surface area contributed by atoms with Gasteiger partial charge >= 0.3 is 6.18 Å². The Morgan fingerprint density at radius 2 is 1.80 bits per heavy atom. The Labute approximate surface area is 168 Å². The smallest absolute Gasteiger partial charge is 0.417 e. The van der Waals surface area contributed by atoms with E-state index in [4.69, 9.17) is 4.42 Å². The first-order valence-electron chi connectivity index (χ1n) is 8.87.